The summed E-state index contributed by atoms with van der Waals surface area (Å²) in [6.45, 7) is 0. The lowest BCUT2D eigenvalue weighted by atomic mass is 9.83. The summed E-state index contributed by atoms with van der Waals surface area (Å²) in [6, 6.07) is 24.2. The van der Waals surface area contributed by atoms with Crippen molar-refractivity contribution in [2.75, 3.05) is 0 Å². The fraction of sp³-hybridized carbons (Fsp3) is 0. The van der Waals surface area contributed by atoms with Gasteiger partial charge in [0, 0.05) is 52.5 Å². The molecule has 0 saturated carbocycles. The van der Waals surface area contributed by atoms with Crippen LogP contribution in [0.3, 0.4) is 0 Å². The molecular weight excluding hydrogens is 665 g/mol. The van der Waals surface area contributed by atoms with Crippen LogP contribution in [0.5, 0.6) is 0 Å². The van der Waals surface area contributed by atoms with Gasteiger partial charge in [0.2, 0.25) is 11.6 Å². The molecule has 8 aromatic rings. The first kappa shape index (κ1) is 27.3. The van der Waals surface area contributed by atoms with Gasteiger partial charge >= 0.3 is 0 Å². The smallest absolute Gasteiger partial charge is 0.204 e. The first-order valence-electron chi connectivity index (χ1n) is 13.2. The molecule has 9 heteroatoms. The maximum absolute atomic E-state index is 14.8. The highest BCUT2D eigenvalue weighted by Crippen LogP contribution is 2.56. The Morgan fingerprint density at radius 2 is 0.767 bits per heavy atom. The van der Waals surface area contributed by atoms with Crippen LogP contribution in [0, 0.1) is 0 Å². The molecule has 0 fully saturated rings. The van der Waals surface area contributed by atoms with Crippen LogP contribution in [0.1, 0.15) is 30.5 Å². The summed E-state index contributed by atoms with van der Waals surface area (Å²) in [5.41, 5.74) is 2.69. The monoisotopic (exact) mass is 682 g/mol. The molecule has 0 amide bonds. The number of hydrogen-bond acceptors (Lipinski definition) is 9. The van der Waals surface area contributed by atoms with Gasteiger partial charge in [0.25, 0.3) is 0 Å². The number of rotatable bonds is 8. The third-order valence-electron chi connectivity index (χ3n) is 7.13. The number of carbonyl (C=O) groups excluding carboxylic acids is 2. The van der Waals surface area contributed by atoms with Crippen LogP contribution in [-0.4, -0.2) is 11.6 Å². The van der Waals surface area contributed by atoms with Crippen LogP contribution < -0.4 is 0 Å². The van der Waals surface area contributed by atoms with Crippen molar-refractivity contribution in [2.24, 2.45) is 0 Å². The minimum atomic E-state index is -0.112. The molecule has 2 nitrogen and oxygen atoms in total. The lowest BCUT2D eigenvalue weighted by Crippen LogP contribution is -2.14. The van der Waals surface area contributed by atoms with Crippen LogP contribution in [0.2, 0.25) is 0 Å². The molecule has 0 saturated heterocycles. The maximum atomic E-state index is 14.8. The zero-order valence-corrected chi connectivity index (χ0v) is 27.8. The Bertz CT molecular complexity index is 2020. The number of ketones is 2. The standard InChI is InChI=1S/C34H18O2S7/c35-31(21-9-3-15-39-21)27-25(19-7-1-13-37-19)29-30(34(24-12-6-18-42-24)43-33(29)23-11-5-17-41-23)26(20-8-2-14-38-20)28(27)32(36)22-10-4-16-40-22/h1-18H. The zero-order valence-electron chi connectivity index (χ0n) is 22.1. The number of thiophene rings is 7. The summed E-state index contributed by atoms with van der Waals surface area (Å²) < 4.78 is 0. The Balaban J connectivity index is 1.66. The van der Waals surface area contributed by atoms with E-state index in [-0.39, 0.29) is 11.6 Å². The average Bonchev–Trinajstić information content (AvgIpc) is 3.90. The topological polar surface area (TPSA) is 34.1 Å². The highest BCUT2D eigenvalue weighted by atomic mass is 32.1. The maximum Gasteiger partial charge on any atom is 0.204 e. The molecule has 0 aliphatic rings. The van der Waals surface area contributed by atoms with Gasteiger partial charge in [-0.25, -0.2) is 0 Å². The summed E-state index contributed by atoms with van der Waals surface area (Å²) in [7, 11) is 0. The Morgan fingerprint density at radius 3 is 1.09 bits per heavy atom. The minimum Gasteiger partial charge on any atom is -0.288 e. The van der Waals surface area contributed by atoms with Crippen molar-refractivity contribution in [3.8, 4) is 40.4 Å². The molecule has 7 heterocycles. The number of fused-ring (bicyclic) bond motifs is 1. The first-order chi connectivity index (χ1) is 21.2. The molecular formula is C34H18O2S7. The normalized spacial score (nSPS) is 11.4. The van der Waals surface area contributed by atoms with Crippen molar-refractivity contribution in [1.82, 2.24) is 0 Å². The van der Waals surface area contributed by atoms with E-state index in [1.54, 1.807) is 56.7 Å². The molecule has 7 aromatic heterocycles. The fourth-order valence-electron chi connectivity index (χ4n) is 5.42. The molecule has 0 N–H and O–H groups in total. The highest BCUT2D eigenvalue weighted by Gasteiger charge is 2.35. The average molecular weight is 683 g/mol. The SMILES string of the molecule is O=C(c1cccs1)c1c(C(=O)c2cccs2)c(-c2cccs2)c2c(-c3cccs3)sc(-c3cccs3)c2c1-c1cccs1. The van der Waals surface area contributed by atoms with Gasteiger partial charge in [0.05, 0.1) is 19.5 Å². The van der Waals surface area contributed by atoms with E-state index < -0.39 is 0 Å². The van der Waals surface area contributed by atoms with Crippen molar-refractivity contribution < 1.29 is 9.59 Å². The van der Waals surface area contributed by atoms with Gasteiger partial charge < -0.3 is 0 Å². The predicted molar refractivity (Wildman–Crippen MR) is 191 cm³/mol. The van der Waals surface area contributed by atoms with E-state index in [9.17, 15) is 9.59 Å². The third kappa shape index (κ3) is 4.58. The largest absolute Gasteiger partial charge is 0.288 e. The first-order valence-corrected chi connectivity index (χ1v) is 19.3. The van der Waals surface area contributed by atoms with Gasteiger partial charge in [-0.15, -0.1) is 79.4 Å². The second-order valence-electron chi connectivity index (χ2n) is 9.53. The lowest BCUT2D eigenvalue weighted by molar-refractivity contribution is 0.101. The molecule has 208 valence electrons. The van der Waals surface area contributed by atoms with E-state index >= 15 is 0 Å². The van der Waals surface area contributed by atoms with Crippen LogP contribution in [-0.2, 0) is 0 Å². The van der Waals surface area contributed by atoms with Crippen molar-refractivity contribution in [3.05, 3.63) is 126 Å². The van der Waals surface area contributed by atoms with E-state index in [0.29, 0.717) is 20.9 Å². The fourth-order valence-corrected chi connectivity index (χ4v) is 11.4. The van der Waals surface area contributed by atoms with Crippen molar-refractivity contribution in [3.63, 3.8) is 0 Å². The molecule has 0 spiro atoms. The number of hydrogen-bond donors (Lipinski definition) is 0. The quantitative estimate of drug-likeness (QED) is 0.150. The lowest BCUT2D eigenvalue weighted by Gasteiger charge is -2.20. The van der Waals surface area contributed by atoms with E-state index in [0.717, 1.165) is 51.2 Å². The second-order valence-corrected chi connectivity index (χ2v) is 16.2. The summed E-state index contributed by atoms with van der Waals surface area (Å²) in [4.78, 5) is 37.4. The Kier molecular flexibility index (Phi) is 7.19. The van der Waals surface area contributed by atoms with Crippen LogP contribution >= 0.6 is 79.4 Å². The minimum absolute atomic E-state index is 0.112. The Morgan fingerprint density at radius 1 is 0.419 bits per heavy atom. The third-order valence-corrected chi connectivity index (χ3v) is 13.9. The predicted octanol–water partition coefficient (Wildman–Crippen LogP) is 12.4. The van der Waals surface area contributed by atoms with Crippen molar-refractivity contribution in [1.29, 1.82) is 0 Å². The van der Waals surface area contributed by atoms with E-state index in [4.69, 9.17) is 0 Å². The molecule has 0 bridgehead atoms. The molecule has 1 aromatic carbocycles. The zero-order chi connectivity index (χ0) is 28.9. The Labute approximate surface area is 275 Å². The van der Waals surface area contributed by atoms with E-state index in [2.05, 4.69) is 47.2 Å². The molecule has 0 aliphatic heterocycles. The van der Waals surface area contributed by atoms with Crippen molar-refractivity contribution in [2.45, 2.75) is 0 Å². The summed E-state index contributed by atoms with van der Waals surface area (Å²) in [5.74, 6) is -0.224. The van der Waals surface area contributed by atoms with Crippen LogP contribution in [0.25, 0.3) is 51.2 Å². The van der Waals surface area contributed by atoms with Gasteiger partial charge in [-0.05, 0) is 68.7 Å². The molecule has 0 radical (unpaired) electrons. The summed E-state index contributed by atoms with van der Waals surface area (Å²) in [6.07, 6.45) is 0. The Hall–Kier alpha value is -3.28. The summed E-state index contributed by atoms with van der Waals surface area (Å²) >= 11 is 11.2. The molecule has 43 heavy (non-hydrogen) atoms. The van der Waals surface area contributed by atoms with Gasteiger partial charge in [0.1, 0.15) is 0 Å². The van der Waals surface area contributed by atoms with Gasteiger partial charge in [-0.2, -0.15) is 0 Å². The molecule has 0 atom stereocenters. The number of benzene rings is 1. The molecule has 0 aliphatic carbocycles. The molecule has 8 rings (SSSR count). The second kappa shape index (κ2) is 11.3. The van der Waals surface area contributed by atoms with Crippen LogP contribution in [0.4, 0.5) is 0 Å². The molecule has 0 unspecified atom stereocenters. The number of carbonyl (C=O) groups is 2. The van der Waals surface area contributed by atoms with E-state index in [1.165, 1.54) is 22.7 Å². The van der Waals surface area contributed by atoms with E-state index in [1.807, 2.05) is 57.9 Å². The van der Waals surface area contributed by atoms with Gasteiger partial charge in [-0.1, -0.05) is 36.4 Å². The van der Waals surface area contributed by atoms with Crippen LogP contribution in [0.15, 0.2) is 105 Å². The summed E-state index contributed by atoms with van der Waals surface area (Å²) in [5, 5.41) is 14.2. The highest BCUT2D eigenvalue weighted by molar-refractivity contribution is 7.27. The van der Waals surface area contributed by atoms with Gasteiger partial charge in [0.15, 0.2) is 0 Å². The van der Waals surface area contributed by atoms with Gasteiger partial charge in [-0.3, -0.25) is 9.59 Å². The van der Waals surface area contributed by atoms with Crippen molar-refractivity contribution >= 4 is 102 Å².